The van der Waals surface area contributed by atoms with Crippen LogP contribution in [0.4, 0.5) is 0 Å². The molecule has 0 unspecified atom stereocenters. The van der Waals surface area contributed by atoms with Crippen molar-refractivity contribution in [2.75, 3.05) is 0 Å². The molecule has 3 nitrogen and oxygen atoms in total. The zero-order valence-corrected chi connectivity index (χ0v) is 11.6. The molecule has 0 aliphatic heterocycles. The number of aromatic nitrogens is 1. The number of aryl methyl sites for hydroxylation is 1. The Morgan fingerprint density at radius 3 is 2.63 bits per heavy atom. The van der Waals surface area contributed by atoms with Crippen LogP contribution in [0.25, 0.3) is 0 Å². The highest BCUT2D eigenvalue weighted by Gasteiger charge is 2.08. The van der Waals surface area contributed by atoms with Gasteiger partial charge < -0.3 is 10.5 Å². The number of hydrogen-bond acceptors (Lipinski definition) is 3. The van der Waals surface area contributed by atoms with Crippen molar-refractivity contribution in [1.82, 2.24) is 4.98 Å². The zero-order valence-electron chi connectivity index (χ0n) is 10.8. The van der Waals surface area contributed by atoms with Crippen LogP contribution in [0, 0.1) is 0 Å². The lowest BCUT2D eigenvalue weighted by Crippen LogP contribution is -2.12. The molecule has 1 heterocycles. The van der Waals surface area contributed by atoms with E-state index in [1.807, 2.05) is 12.1 Å². The summed E-state index contributed by atoms with van der Waals surface area (Å²) in [5.41, 5.74) is 7.43. The molecule has 0 fully saturated rings. The van der Waals surface area contributed by atoms with Crippen LogP contribution >= 0.6 is 12.2 Å². The van der Waals surface area contributed by atoms with Crippen molar-refractivity contribution in [3.8, 4) is 11.5 Å². The minimum Gasteiger partial charge on any atom is -0.455 e. The molecule has 1 aromatic heterocycles. The van der Waals surface area contributed by atoms with Gasteiger partial charge >= 0.3 is 0 Å². The van der Waals surface area contributed by atoms with Crippen LogP contribution in [-0.2, 0) is 6.42 Å². The topological polar surface area (TPSA) is 48.1 Å². The Kier molecular flexibility index (Phi) is 4.47. The van der Waals surface area contributed by atoms with Crippen molar-refractivity contribution in [2.45, 2.75) is 19.8 Å². The lowest BCUT2D eigenvalue weighted by Gasteiger charge is -2.09. The minimum atomic E-state index is 0.234. The van der Waals surface area contributed by atoms with Gasteiger partial charge in [0.05, 0.1) is 0 Å². The molecule has 0 saturated heterocycles. The predicted molar refractivity (Wildman–Crippen MR) is 80.6 cm³/mol. The summed E-state index contributed by atoms with van der Waals surface area (Å²) in [4.78, 5) is 4.36. The van der Waals surface area contributed by atoms with Gasteiger partial charge in [-0.3, -0.25) is 0 Å². The monoisotopic (exact) mass is 272 g/mol. The van der Waals surface area contributed by atoms with Crippen molar-refractivity contribution < 1.29 is 4.74 Å². The minimum absolute atomic E-state index is 0.234. The third kappa shape index (κ3) is 3.51. The van der Waals surface area contributed by atoms with Crippen molar-refractivity contribution in [3.63, 3.8) is 0 Å². The van der Waals surface area contributed by atoms with Gasteiger partial charge in [-0.25, -0.2) is 4.98 Å². The standard InChI is InChI=1S/C15H16N2OS/c1-2-4-11-6-8-12(9-7-11)18-13-5-3-10-17-14(13)15(16)19/h3,5-10H,2,4H2,1H3,(H2,16,19). The van der Waals surface area contributed by atoms with E-state index in [-0.39, 0.29) is 4.99 Å². The van der Waals surface area contributed by atoms with Gasteiger partial charge in [0.25, 0.3) is 0 Å². The lowest BCUT2D eigenvalue weighted by atomic mass is 10.1. The second kappa shape index (κ2) is 6.29. The Morgan fingerprint density at radius 1 is 1.26 bits per heavy atom. The molecule has 0 radical (unpaired) electrons. The fraction of sp³-hybridized carbons (Fsp3) is 0.200. The van der Waals surface area contributed by atoms with E-state index in [4.69, 9.17) is 22.7 Å². The average Bonchev–Trinajstić information content (AvgIpc) is 2.42. The fourth-order valence-corrected chi connectivity index (χ4v) is 1.95. The largest absolute Gasteiger partial charge is 0.455 e. The van der Waals surface area contributed by atoms with E-state index in [1.165, 1.54) is 5.56 Å². The Morgan fingerprint density at radius 2 is 2.00 bits per heavy atom. The summed E-state index contributed by atoms with van der Waals surface area (Å²) in [7, 11) is 0. The highest BCUT2D eigenvalue weighted by Crippen LogP contribution is 2.24. The molecule has 0 aliphatic carbocycles. The third-order valence-electron chi connectivity index (χ3n) is 2.69. The molecule has 2 N–H and O–H groups in total. The number of thiocarbonyl (C=S) groups is 1. The number of rotatable bonds is 5. The maximum atomic E-state index is 5.77. The molecule has 0 saturated carbocycles. The van der Waals surface area contributed by atoms with Crippen LogP contribution in [-0.4, -0.2) is 9.97 Å². The van der Waals surface area contributed by atoms with Gasteiger partial charge in [-0.15, -0.1) is 0 Å². The van der Waals surface area contributed by atoms with Gasteiger partial charge in [0, 0.05) is 6.20 Å². The van der Waals surface area contributed by atoms with E-state index in [0.29, 0.717) is 11.4 Å². The van der Waals surface area contributed by atoms with Crippen molar-refractivity contribution in [2.24, 2.45) is 5.73 Å². The molecular formula is C15H16N2OS. The average molecular weight is 272 g/mol. The smallest absolute Gasteiger partial charge is 0.156 e. The summed E-state index contributed by atoms with van der Waals surface area (Å²) in [5.74, 6) is 1.34. The normalized spacial score (nSPS) is 10.2. The first kappa shape index (κ1) is 13.5. The summed E-state index contributed by atoms with van der Waals surface area (Å²) in [6, 6.07) is 11.6. The Labute approximate surface area is 118 Å². The van der Waals surface area contributed by atoms with Crippen molar-refractivity contribution in [1.29, 1.82) is 0 Å². The first-order valence-corrected chi connectivity index (χ1v) is 6.63. The maximum Gasteiger partial charge on any atom is 0.156 e. The van der Waals surface area contributed by atoms with E-state index in [1.54, 1.807) is 18.3 Å². The number of pyridine rings is 1. The van der Waals surface area contributed by atoms with Crippen LogP contribution in [0.1, 0.15) is 24.6 Å². The number of nitrogens with zero attached hydrogens (tertiary/aromatic N) is 1. The van der Waals surface area contributed by atoms with Crippen LogP contribution in [0.3, 0.4) is 0 Å². The highest BCUT2D eigenvalue weighted by molar-refractivity contribution is 7.80. The molecule has 0 aliphatic rings. The third-order valence-corrected chi connectivity index (χ3v) is 2.89. The number of ether oxygens (including phenoxy) is 1. The van der Waals surface area contributed by atoms with Gasteiger partial charge in [-0.2, -0.15) is 0 Å². The van der Waals surface area contributed by atoms with Crippen molar-refractivity contribution in [3.05, 3.63) is 53.9 Å². The van der Waals surface area contributed by atoms with E-state index < -0.39 is 0 Å². The summed E-state index contributed by atoms with van der Waals surface area (Å²) in [6.07, 6.45) is 3.85. The van der Waals surface area contributed by atoms with Gasteiger partial charge in [0.2, 0.25) is 0 Å². The molecule has 1 aromatic carbocycles. The second-order valence-electron chi connectivity index (χ2n) is 4.21. The van der Waals surface area contributed by atoms with Gasteiger partial charge in [0.1, 0.15) is 16.4 Å². The number of nitrogens with two attached hydrogens (primary N) is 1. The number of benzene rings is 1. The van der Waals surface area contributed by atoms with E-state index in [0.717, 1.165) is 18.6 Å². The first-order chi connectivity index (χ1) is 9.20. The molecule has 0 amide bonds. The molecular weight excluding hydrogens is 256 g/mol. The van der Waals surface area contributed by atoms with E-state index in [9.17, 15) is 0 Å². The van der Waals surface area contributed by atoms with E-state index in [2.05, 4.69) is 24.0 Å². The summed E-state index contributed by atoms with van der Waals surface area (Å²) in [6.45, 7) is 2.16. The second-order valence-corrected chi connectivity index (χ2v) is 4.65. The molecule has 2 aromatic rings. The summed E-state index contributed by atoms with van der Waals surface area (Å²) < 4.78 is 5.77. The molecule has 0 bridgehead atoms. The van der Waals surface area contributed by atoms with Gasteiger partial charge in [-0.1, -0.05) is 37.7 Å². The van der Waals surface area contributed by atoms with Crippen LogP contribution < -0.4 is 10.5 Å². The Bertz CT molecular complexity index is 567. The fourth-order valence-electron chi connectivity index (χ4n) is 1.80. The quantitative estimate of drug-likeness (QED) is 0.847. The Balaban J connectivity index is 2.19. The van der Waals surface area contributed by atoms with Gasteiger partial charge in [0.15, 0.2) is 5.75 Å². The first-order valence-electron chi connectivity index (χ1n) is 6.22. The molecule has 4 heteroatoms. The van der Waals surface area contributed by atoms with Crippen LogP contribution in [0.2, 0.25) is 0 Å². The Hall–Kier alpha value is -1.94. The molecule has 2 rings (SSSR count). The lowest BCUT2D eigenvalue weighted by molar-refractivity contribution is 0.479. The molecule has 19 heavy (non-hydrogen) atoms. The molecule has 0 spiro atoms. The predicted octanol–water partition coefficient (Wildman–Crippen LogP) is 3.46. The number of hydrogen-bond donors (Lipinski definition) is 1. The molecule has 98 valence electrons. The van der Waals surface area contributed by atoms with Crippen LogP contribution in [0.5, 0.6) is 11.5 Å². The SMILES string of the molecule is CCCc1ccc(Oc2cccnc2C(N)=S)cc1. The zero-order chi connectivity index (χ0) is 13.7. The maximum absolute atomic E-state index is 5.77. The summed E-state index contributed by atoms with van der Waals surface area (Å²) in [5, 5.41) is 0. The van der Waals surface area contributed by atoms with Gasteiger partial charge in [-0.05, 0) is 36.2 Å². The summed E-state index contributed by atoms with van der Waals surface area (Å²) >= 11 is 4.96. The van der Waals surface area contributed by atoms with E-state index >= 15 is 0 Å². The highest BCUT2D eigenvalue weighted by atomic mass is 32.1. The van der Waals surface area contributed by atoms with Crippen molar-refractivity contribution >= 4 is 17.2 Å². The van der Waals surface area contributed by atoms with Crippen LogP contribution in [0.15, 0.2) is 42.6 Å². The molecule has 0 atom stereocenters.